The summed E-state index contributed by atoms with van der Waals surface area (Å²) in [6.45, 7) is 6.89. The molecule has 0 spiro atoms. The molecule has 0 fully saturated rings. The van der Waals surface area contributed by atoms with Gasteiger partial charge in [0.1, 0.15) is 17.3 Å². The van der Waals surface area contributed by atoms with Crippen LogP contribution < -0.4 is 14.4 Å². The molecule has 1 amide bonds. The number of nitrogens with zero attached hydrogens (tertiary/aromatic N) is 2. The van der Waals surface area contributed by atoms with Crippen LogP contribution in [0.1, 0.15) is 31.9 Å². The van der Waals surface area contributed by atoms with Gasteiger partial charge in [0.25, 0.3) is 5.91 Å². The lowest BCUT2D eigenvalue weighted by Gasteiger charge is -2.23. The van der Waals surface area contributed by atoms with Gasteiger partial charge in [-0.1, -0.05) is 51.1 Å². The highest BCUT2D eigenvalue weighted by molar-refractivity contribution is 5.93. The molecule has 3 rings (SSSR count). The van der Waals surface area contributed by atoms with Crippen LogP contribution in [0.5, 0.6) is 11.5 Å². The molecule has 0 unspecified atom stereocenters. The predicted octanol–water partition coefficient (Wildman–Crippen LogP) is 5.00. The topological polar surface area (TPSA) is 51.7 Å². The second-order valence-corrected chi connectivity index (χ2v) is 8.08. The molecule has 0 bridgehead atoms. The molecule has 1 heterocycles. The Bertz CT molecular complexity index is 946. The van der Waals surface area contributed by atoms with Gasteiger partial charge in [0.05, 0.1) is 13.7 Å². The molecule has 5 nitrogen and oxygen atoms in total. The van der Waals surface area contributed by atoms with E-state index in [1.54, 1.807) is 42.5 Å². The lowest BCUT2D eigenvalue weighted by Crippen LogP contribution is -2.35. The van der Waals surface area contributed by atoms with Crippen molar-refractivity contribution in [3.05, 3.63) is 84.1 Å². The first-order chi connectivity index (χ1) is 14.4. The number of ether oxygens (including phenoxy) is 2. The molecule has 1 aromatic heterocycles. The van der Waals surface area contributed by atoms with Crippen molar-refractivity contribution in [1.29, 1.82) is 0 Å². The second-order valence-electron chi connectivity index (χ2n) is 8.08. The van der Waals surface area contributed by atoms with Crippen LogP contribution in [0.25, 0.3) is 0 Å². The van der Waals surface area contributed by atoms with Crippen molar-refractivity contribution >= 4 is 11.7 Å². The average molecular weight is 405 g/mol. The van der Waals surface area contributed by atoms with E-state index in [2.05, 4.69) is 50.0 Å². The van der Waals surface area contributed by atoms with Crippen LogP contribution >= 0.6 is 0 Å². The summed E-state index contributed by atoms with van der Waals surface area (Å²) in [6.07, 6.45) is 1.68. The number of rotatable bonds is 7. The van der Waals surface area contributed by atoms with Crippen LogP contribution in [0.4, 0.5) is 5.82 Å². The lowest BCUT2D eigenvalue weighted by atomic mass is 9.87. The quantitative estimate of drug-likeness (QED) is 0.556. The predicted molar refractivity (Wildman–Crippen MR) is 119 cm³/mol. The molecule has 0 saturated carbocycles. The van der Waals surface area contributed by atoms with Crippen molar-refractivity contribution in [2.45, 2.75) is 32.7 Å². The Kier molecular flexibility index (Phi) is 6.72. The van der Waals surface area contributed by atoms with Gasteiger partial charge in [-0.3, -0.25) is 9.69 Å². The zero-order valence-corrected chi connectivity index (χ0v) is 18.0. The Morgan fingerprint density at radius 1 is 0.933 bits per heavy atom. The molecule has 0 radical (unpaired) electrons. The third-order valence-corrected chi connectivity index (χ3v) is 4.81. The number of carbonyl (C=O) groups excluding carboxylic acids is 1. The van der Waals surface area contributed by atoms with E-state index in [1.165, 1.54) is 5.56 Å². The van der Waals surface area contributed by atoms with Crippen molar-refractivity contribution in [3.63, 3.8) is 0 Å². The minimum absolute atomic E-state index is 0.0804. The summed E-state index contributed by atoms with van der Waals surface area (Å²) < 4.78 is 10.8. The first-order valence-electron chi connectivity index (χ1n) is 9.94. The Balaban J connectivity index is 1.74. The van der Waals surface area contributed by atoms with Crippen LogP contribution in [0.2, 0.25) is 0 Å². The molecule has 0 atom stereocenters. The van der Waals surface area contributed by atoms with Crippen LogP contribution in [-0.4, -0.2) is 24.6 Å². The standard InChI is InChI=1S/C25H28N2O3/c1-25(2,3)20-10-8-19(9-11-20)17-27(23-7-5-6-16-26-23)24(28)18-30-22-14-12-21(29-4)13-15-22/h5-16H,17-18H2,1-4H3. The number of aromatic nitrogens is 1. The number of methoxy groups -OCH3 is 1. The maximum absolute atomic E-state index is 13.0. The largest absolute Gasteiger partial charge is 0.497 e. The van der Waals surface area contributed by atoms with Crippen molar-refractivity contribution in [2.75, 3.05) is 18.6 Å². The molecular weight excluding hydrogens is 376 g/mol. The first kappa shape index (κ1) is 21.4. The van der Waals surface area contributed by atoms with E-state index in [1.807, 2.05) is 18.2 Å². The SMILES string of the molecule is COc1ccc(OCC(=O)N(Cc2ccc(C(C)(C)C)cc2)c2ccccn2)cc1. The summed E-state index contributed by atoms with van der Waals surface area (Å²) in [7, 11) is 1.61. The summed E-state index contributed by atoms with van der Waals surface area (Å²) in [5, 5.41) is 0. The number of amides is 1. The van der Waals surface area contributed by atoms with E-state index in [9.17, 15) is 4.79 Å². The van der Waals surface area contributed by atoms with Gasteiger partial charge in [-0.15, -0.1) is 0 Å². The van der Waals surface area contributed by atoms with Gasteiger partial charge in [0, 0.05) is 6.20 Å². The molecule has 5 heteroatoms. The van der Waals surface area contributed by atoms with E-state index in [0.717, 1.165) is 11.3 Å². The minimum atomic E-state index is -0.163. The molecule has 0 aliphatic heterocycles. The molecule has 30 heavy (non-hydrogen) atoms. The maximum Gasteiger partial charge on any atom is 0.266 e. The fraction of sp³-hybridized carbons (Fsp3) is 0.280. The zero-order valence-electron chi connectivity index (χ0n) is 18.0. The summed E-state index contributed by atoms with van der Waals surface area (Å²) in [5.41, 5.74) is 2.37. The van der Waals surface area contributed by atoms with Crippen LogP contribution in [-0.2, 0) is 16.8 Å². The smallest absolute Gasteiger partial charge is 0.266 e. The number of benzene rings is 2. The molecule has 3 aromatic rings. The first-order valence-corrected chi connectivity index (χ1v) is 9.94. The number of hydrogen-bond donors (Lipinski definition) is 0. The van der Waals surface area contributed by atoms with E-state index in [-0.39, 0.29) is 17.9 Å². The summed E-state index contributed by atoms with van der Waals surface area (Å²) in [4.78, 5) is 19.0. The Hall–Kier alpha value is -3.34. The molecule has 0 saturated heterocycles. The summed E-state index contributed by atoms with van der Waals surface area (Å²) in [6, 6.07) is 21.0. The Morgan fingerprint density at radius 2 is 1.60 bits per heavy atom. The third kappa shape index (κ3) is 5.60. The van der Waals surface area contributed by atoms with Crippen molar-refractivity contribution in [2.24, 2.45) is 0 Å². The lowest BCUT2D eigenvalue weighted by molar-refractivity contribution is -0.120. The third-order valence-electron chi connectivity index (χ3n) is 4.81. The highest BCUT2D eigenvalue weighted by atomic mass is 16.5. The van der Waals surface area contributed by atoms with Gasteiger partial charge < -0.3 is 9.47 Å². The van der Waals surface area contributed by atoms with E-state index < -0.39 is 0 Å². The minimum Gasteiger partial charge on any atom is -0.497 e. The van der Waals surface area contributed by atoms with E-state index in [0.29, 0.717) is 18.1 Å². The van der Waals surface area contributed by atoms with Crippen LogP contribution in [0.15, 0.2) is 72.9 Å². The van der Waals surface area contributed by atoms with Crippen LogP contribution in [0, 0.1) is 0 Å². The van der Waals surface area contributed by atoms with E-state index >= 15 is 0 Å². The average Bonchev–Trinajstić information content (AvgIpc) is 2.76. The molecule has 2 aromatic carbocycles. The Morgan fingerprint density at radius 3 is 2.17 bits per heavy atom. The second kappa shape index (κ2) is 9.44. The number of anilines is 1. The zero-order chi connectivity index (χ0) is 21.6. The molecule has 156 valence electrons. The highest BCUT2D eigenvalue weighted by Crippen LogP contribution is 2.23. The van der Waals surface area contributed by atoms with Crippen molar-refractivity contribution < 1.29 is 14.3 Å². The number of hydrogen-bond acceptors (Lipinski definition) is 4. The molecule has 0 aliphatic rings. The van der Waals surface area contributed by atoms with Crippen molar-refractivity contribution in [1.82, 2.24) is 4.98 Å². The normalized spacial score (nSPS) is 11.1. The van der Waals surface area contributed by atoms with Crippen molar-refractivity contribution in [3.8, 4) is 11.5 Å². The van der Waals surface area contributed by atoms with Gasteiger partial charge in [-0.25, -0.2) is 4.98 Å². The van der Waals surface area contributed by atoms with Crippen LogP contribution in [0.3, 0.4) is 0 Å². The molecule has 0 aliphatic carbocycles. The van der Waals surface area contributed by atoms with E-state index in [4.69, 9.17) is 9.47 Å². The molecule has 0 N–H and O–H groups in total. The summed E-state index contributed by atoms with van der Waals surface area (Å²) >= 11 is 0. The summed E-state index contributed by atoms with van der Waals surface area (Å²) in [5.74, 6) is 1.78. The molecular formula is C25H28N2O3. The van der Waals surface area contributed by atoms with Gasteiger partial charge in [0.2, 0.25) is 0 Å². The fourth-order valence-electron chi connectivity index (χ4n) is 3.00. The Labute approximate surface area is 178 Å². The highest BCUT2D eigenvalue weighted by Gasteiger charge is 2.19. The monoisotopic (exact) mass is 404 g/mol. The van der Waals surface area contributed by atoms with Gasteiger partial charge in [0.15, 0.2) is 6.61 Å². The van der Waals surface area contributed by atoms with Gasteiger partial charge in [-0.2, -0.15) is 0 Å². The van der Waals surface area contributed by atoms with Gasteiger partial charge in [-0.05, 0) is 52.9 Å². The fourth-order valence-corrected chi connectivity index (χ4v) is 3.00. The van der Waals surface area contributed by atoms with Gasteiger partial charge >= 0.3 is 0 Å². The maximum atomic E-state index is 13.0. The number of carbonyl (C=O) groups is 1. The number of pyridine rings is 1.